The van der Waals surface area contributed by atoms with Crippen LogP contribution < -0.4 is 4.74 Å². The molecule has 1 aromatic carbocycles. The summed E-state index contributed by atoms with van der Waals surface area (Å²) in [6.07, 6.45) is 0. The van der Waals surface area contributed by atoms with Crippen molar-refractivity contribution in [3.63, 3.8) is 0 Å². The molecule has 0 aliphatic carbocycles. The summed E-state index contributed by atoms with van der Waals surface area (Å²) in [4.78, 5) is 16.0. The molecule has 1 heterocycles. The van der Waals surface area contributed by atoms with Gasteiger partial charge in [0.25, 0.3) is 0 Å². The predicted octanol–water partition coefficient (Wildman–Crippen LogP) is 3.60. The lowest BCUT2D eigenvalue weighted by molar-refractivity contribution is 0.0728. The third-order valence-corrected chi connectivity index (χ3v) is 3.57. The van der Waals surface area contributed by atoms with Gasteiger partial charge in [-0.2, -0.15) is 0 Å². The summed E-state index contributed by atoms with van der Waals surface area (Å²) in [5.41, 5.74) is 3.56. The molecule has 0 aliphatic heterocycles. The van der Waals surface area contributed by atoms with E-state index in [9.17, 15) is 4.79 Å². The molecule has 1 aromatic heterocycles. The average molecular weight is 261 g/mol. The minimum absolute atomic E-state index is 0.371. The smallest absolute Gasteiger partial charge is 0.363 e. The van der Waals surface area contributed by atoms with Crippen molar-refractivity contribution in [2.24, 2.45) is 0 Å². The number of carbonyl (C=O) groups is 1. The second kappa shape index (κ2) is 4.90. The van der Waals surface area contributed by atoms with Gasteiger partial charge in [-0.1, -0.05) is 6.07 Å². The lowest BCUT2D eigenvalue weighted by atomic mass is 10.1. The summed E-state index contributed by atoms with van der Waals surface area (Å²) in [7, 11) is 0. The lowest BCUT2D eigenvalue weighted by Crippen LogP contribution is -2.10. The highest BCUT2D eigenvalue weighted by Gasteiger charge is 2.14. The monoisotopic (exact) mass is 261 g/mol. The van der Waals surface area contributed by atoms with E-state index in [2.05, 4.69) is 11.1 Å². The van der Waals surface area contributed by atoms with Crippen LogP contribution in [0.4, 0.5) is 0 Å². The Morgan fingerprint density at radius 3 is 2.56 bits per heavy atom. The number of hydrogen-bond acceptors (Lipinski definition) is 4. The number of ether oxygens (including phenoxy) is 1. The first kappa shape index (κ1) is 12.8. The largest absolute Gasteiger partial charge is 0.421 e. The molecule has 2 aromatic rings. The molecule has 0 aliphatic rings. The van der Waals surface area contributed by atoms with Crippen molar-refractivity contribution in [1.29, 1.82) is 0 Å². The number of nitrogens with zero attached hydrogens (tertiary/aromatic N) is 1. The van der Waals surface area contributed by atoms with Crippen molar-refractivity contribution in [2.45, 2.75) is 27.7 Å². The first-order valence-corrected chi connectivity index (χ1v) is 6.57. The minimum Gasteiger partial charge on any atom is -0.421 e. The van der Waals surface area contributed by atoms with E-state index in [1.807, 2.05) is 33.8 Å². The number of rotatable bonds is 2. The minimum atomic E-state index is -0.396. The molecule has 0 N–H and O–H groups in total. The summed E-state index contributed by atoms with van der Waals surface area (Å²) < 4.78 is 5.41. The number of benzene rings is 1. The van der Waals surface area contributed by atoms with Crippen LogP contribution in [0, 0.1) is 27.7 Å². The zero-order valence-corrected chi connectivity index (χ0v) is 11.7. The normalized spacial score (nSPS) is 10.4. The molecule has 0 atom stereocenters. The van der Waals surface area contributed by atoms with Crippen molar-refractivity contribution in [3.05, 3.63) is 44.9 Å². The molecule has 0 bridgehead atoms. The predicted molar refractivity (Wildman–Crippen MR) is 72.5 cm³/mol. The van der Waals surface area contributed by atoms with Crippen molar-refractivity contribution in [2.75, 3.05) is 0 Å². The number of aromatic nitrogens is 1. The highest BCUT2D eigenvalue weighted by Crippen LogP contribution is 2.24. The Bertz CT molecular complexity index is 602. The maximum atomic E-state index is 11.9. The summed E-state index contributed by atoms with van der Waals surface area (Å²) >= 11 is 1.44. The molecule has 2 rings (SSSR count). The Morgan fingerprint density at radius 1 is 1.22 bits per heavy atom. The third kappa shape index (κ3) is 2.59. The van der Waals surface area contributed by atoms with Gasteiger partial charge in [0.15, 0.2) is 5.69 Å². The van der Waals surface area contributed by atoms with Crippen LogP contribution in [-0.4, -0.2) is 11.0 Å². The van der Waals surface area contributed by atoms with Crippen LogP contribution in [0.2, 0.25) is 0 Å². The Morgan fingerprint density at radius 2 is 1.94 bits per heavy atom. The Balaban J connectivity index is 2.27. The van der Waals surface area contributed by atoms with E-state index in [0.717, 1.165) is 21.7 Å². The first-order chi connectivity index (χ1) is 8.47. The van der Waals surface area contributed by atoms with Gasteiger partial charge in [0, 0.05) is 5.38 Å². The summed E-state index contributed by atoms with van der Waals surface area (Å²) in [6.45, 7) is 7.80. The second-order valence-corrected chi connectivity index (χ2v) is 5.41. The molecule has 3 nitrogen and oxygen atoms in total. The lowest BCUT2D eigenvalue weighted by Gasteiger charge is -2.09. The highest BCUT2D eigenvalue weighted by atomic mass is 32.1. The molecule has 0 spiro atoms. The van der Waals surface area contributed by atoms with Gasteiger partial charge >= 0.3 is 5.97 Å². The van der Waals surface area contributed by atoms with E-state index in [0.29, 0.717) is 11.4 Å². The van der Waals surface area contributed by atoms with Gasteiger partial charge in [-0.25, -0.2) is 9.78 Å². The van der Waals surface area contributed by atoms with Gasteiger partial charge in [-0.05, 0) is 50.5 Å². The van der Waals surface area contributed by atoms with Gasteiger partial charge in [-0.3, -0.25) is 0 Å². The average Bonchev–Trinajstić information content (AvgIpc) is 2.72. The second-order valence-electron chi connectivity index (χ2n) is 4.35. The van der Waals surface area contributed by atoms with Gasteiger partial charge in [0.05, 0.1) is 5.01 Å². The van der Waals surface area contributed by atoms with Gasteiger partial charge in [-0.15, -0.1) is 11.3 Å². The van der Waals surface area contributed by atoms with Gasteiger partial charge < -0.3 is 4.74 Å². The van der Waals surface area contributed by atoms with E-state index in [1.54, 1.807) is 5.38 Å². The Hall–Kier alpha value is -1.68. The number of esters is 1. The Labute approximate surface area is 110 Å². The van der Waals surface area contributed by atoms with Crippen LogP contribution in [0.5, 0.6) is 5.75 Å². The first-order valence-electron chi connectivity index (χ1n) is 5.69. The van der Waals surface area contributed by atoms with Gasteiger partial charge in [0.2, 0.25) is 0 Å². The molecule has 0 saturated carbocycles. The number of carbonyl (C=O) groups excluding carboxylic acids is 1. The van der Waals surface area contributed by atoms with Crippen LogP contribution in [0.15, 0.2) is 17.5 Å². The molecular weight excluding hydrogens is 246 g/mol. The van der Waals surface area contributed by atoms with E-state index in [-0.39, 0.29) is 0 Å². The fraction of sp³-hybridized carbons (Fsp3) is 0.286. The van der Waals surface area contributed by atoms with Crippen molar-refractivity contribution in [1.82, 2.24) is 4.98 Å². The third-order valence-electron chi connectivity index (χ3n) is 2.79. The van der Waals surface area contributed by atoms with E-state index >= 15 is 0 Å². The molecular formula is C14H15NO2S. The number of aryl methyl sites for hydroxylation is 3. The topological polar surface area (TPSA) is 39.2 Å². The van der Waals surface area contributed by atoms with Crippen LogP contribution >= 0.6 is 11.3 Å². The molecule has 0 amide bonds. The van der Waals surface area contributed by atoms with Crippen LogP contribution in [0.25, 0.3) is 0 Å². The van der Waals surface area contributed by atoms with Crippen molar-refractivity contribution < 1.29 is 9.53 Å². The number of thiazole rings is 1. The van der Waals surface area contributed by atoms with Crippen LogP contribution in [0.3, 0.4) is 0 Å². The zero-order chi connectivity index (χ0) is 13.3. The molecule has 0 fully saturated rings. The van der Waals surface area contributed by atoms with Crippen LogP contribution in [-0.2, 0) is 0 Å². The summed E-state index contributed by atoms with van der Waals surface area (Å²) in [6, 6.07) is 3.94. The quantitative estimate of drug-likeness (QED) is 0.612. The van der Waals surface area contributed by atoms with Crippen molar-refractivity contribution >= 4 is 17.3 Å². The molecule has 94 valence electrons. The van der Waals surface area contributed by atoms with Crippen LogP contribution in [0.1, 0.15) is 32.2 Å². The molecule has 18 heavy (non-hydrogen) atoms. The van der Waals surface area contributed by atoms with E-state index < -0.39 is 5.97 Å². The molecule has 0 unspecified atom stereocenters. The summed E-state index contributed by atoms with van der Waals surface area (Å²) in [5.74, 6) is 0.218. The summed E-state index contributed by atoms with van der Waals surface area (Å²) in [5, 5.41) is 2.58. The Kier molecular flexibility index (Phi) is 3.48. The fourth-order valence-corrected chi connectivity index (χ4v) is 2.30. The fourth-order valence-electron chi connectivity index (χ4n) is 1.72. The highest BCUT2D eigenvalue weighted by molar-refractivity contribution is 7.09. The van der Waals surface area contributed by atoms with E-state index in [1.165, 1.54) is 11.3 Å². The maximum absolute atomic E-state index is 11.9. The maximum Gasteiger partial charge on any atom is 0.363 e. The SMILES string of the molecule is Cc1cc(C)c(C)c(OC(=O)c2csc(C)n2)c1. The standard InChI is InChI=1S/C14H15NO2S/c1-8-5-9(2)10(3)13(6-8)17-14(16)12-7-18-11(4)15-12/h5-7H,1-4H3. The van der Waals surface area contributed by atoms with E-state index in [4.69, 9.17) is 4.74 Å². The zero-order valence-electron chi connectivity index (χ0n) is 10.9. The molecule has 0 radical (unpaired) electrons. The van der Waals surface area contributed by atoms with Crippen molar-refractivity contribution in [3.8, 4) is 5.75 Å². The van der Waals surface area contributed by atoms with Gasteiger partial charge in [0.1, 0.15) is 5.75 Å². The molecule has 4 heteroatoms. The number of hydrogen-bond donors (Lipinski definition) is 0. The molecule has 0 saturated heterocycles.